The van der Waals surface area contributed by atoms with Crippen molar-refractivity contribution in [2.45, 2.75) is 19.9 Å². The number of hydrogen-bond acceptors (Lipinski definition) is 4. The van der Waals surface area contributed by atoms with E-state index in [4.69, 9.17) is 4.74 Å². The molecule has 7 nitrogen and oxygen atoms in total. The van der Waals surface area contributed by atoms with E-state index in [0.29, 0.717) is 12.4 Å². The summed E-state index contributed by atoms with van der Waals surface area (Å²) in [6.07, 6.45) is 0. The molecule has 1 fully saturated rings. The molecule has 3 rings (SSSR count). The molecule has 1 aliphatic heterocycles. The summed E-state index contributed by atoms with van der Waals surface area (Å²) in [6, 6.07) is 11.7. The monoisotopic (exact) mass is 343 g/mol. The fourth-order valence-electron chi connectivity index (χ4n) is 2.90. The van der Waals surface area contributed by atoms with Crippen molar-refractivity contribution in [2.75, 3.05) is 38.2 Å². The Morgan fingerprint density at radius 1 is 1.28 bits per heavy atom. The summed E-state index contributed by atoms with van der Waals surface area (Å²) in [5.41, 5.74) is 1.76. The molecule has 1 aromatic carbocycles. The molecule has 2 N–H and O–H groups in total. The number of benzene rings is 1. The third kappa shape index (κ3) is 4.58. The fourth-order valence-corrected chi connectivity index (χ4v) is 2.90. The van der Waals surface area contributed by atoms with Gasteiger partial charge in [0.05, 0.1) is 24.6 Å². The van der Waals surface area contributed by atoms with E-state index in [0.717, 1.165) is 37.7 Å². The van der Waals surface area contributed by atoms with Crippen LogP contribution in [-0.2, 0) is 4.74 Å². The quantitative estimate of drug-likeness (QED) is 0.871. The van der Waals surface area contributed by atoms with Crippen LogP contribution in [0.1, 0.15) is 12.6 Å². The van der Waals surface area contributed by atoms with Gasteiger partial charge < -0.3 is 10.1 Å². The zero-order valence-electron chi connectivity index (χ0n) is 14.7. The maximum atomic E-state index is 12.3. The number of carbonyl (C=O) groups excluding carboxylic acids is 1. The molecular weight excluding hydrogens is 318 g/mol. The molecule has 0 saturated carbocycles. The van der Waals surface area contributed by atoms with Crippen LogP contribution in [0.4, 0.5) is 10.6 Å². The first kappa shape index (κ1) is 17.4. The number of ether oxygens (including phenoxy) is 1. The zero-order valence-corrected chi connectivity index (χ0v) is 14.7. The smallest absolute Gasteiger partial charge is 0.320 e. The molecule has 1 aliphatic rings. The number of aryl methyl sites for hydroxylation is 1. The van der Waals surface area contributed by atoms with Crippen molar-refractivity contribution in [3.63, 3.8) is 0 Å². The molecular formula is C18H25N5O2. The highest BCUT2D eigenvalue weighted by Gasteiger charge is 2.18. The molecule has 2 amide bonds. The van der Waals surface area contributed by atoms with Crippen LogP contribution in [0.25, 0.3) is 5.69 Å². The standard InChI is InChI=1S/C18H25N5O2/c1-14-12-17(23(21-14)16-6-4-3-5-7-16)20-18(24)19-13-15(2)22-8-10-25-11-9-22/h3-7,12,15H,8-11,13H2,1-2H3,(H2,19,20,24)/t15-/m0/s1. The van der Waals surface area contributed by atoms with E-state index in [-0.39, 0.29) is 12.1 Å². The molecule has 25 heavy (non-hydrogen) atoms. The minimum absolute atomic E-state index is 0.225. The minimum atomic E-state index is -0.225. The number of morpholine rings is 1. The first-order valence-corrected chi connectivity index (χ1v) is 8.62. The lowest BCUT2D eigenvalue weighted by atomic mass is 10.2. The second kappa shape index (κ2) is 8.13. The maximum absolute atomic E-state index is 12.3. The summed E-state index contributed by atoms with van der Waals surface area (Å²) in [6.45, 7) is 7.93. The molecule has 0 radical (unpaired) electrons. The Morgan fingerprint density at radius 3 is 2.72 bits per heavy atom. The van der Waals surface area contributed by atoms with Crippen LogP contribution in [0.2, 0.25) is 0 Å². The Hall–Kier alpha value is -2.38. The van der Waals surface area contributed by atoms with E-state index in [1.165, 1.54) is 0 Å². The molecule has 134 valence electrons. The van der Waals surface area contributed by atoms with Crippen molar-refractivity contribution in [3.05, 3.63) is 42.1 Å². The highest BCUT2D eigenvalue weighted by molar-refractivity contribution is 5.88. The van der Waals surface area contributed by atoms with Gasteiger partial charge in [0.1, 0.15) is 5.82 Å². The molecule has 1 saturated heterocycles. The highest BCUT2D eigenvalue weighted by Crippen LogP contribution is 2.16. The molecule has 0 unspecified atom stereocenters. The number of rotatable bonds is 5. The van der Waals surface area contributed by atoms with Gasteiger partial charge in [-0.05, 0) is 26.0 Å². The summed E-state index contributed by atoms with van der Waals surface area (Å²) < 4.78 is 7.10. The largest absolute Gasteiger partial charge is 0.379 e. The number of hydrogen-bond donors (Lipinski definition) is 2. The molecule has 7 heteroatoms. The van der Waals surface area contributed by atoms with E-state index < -0.39 is 0 Å². The number of aromatic nitrogens is 2. The van der Waals surface area contributed by atoms with Gasteiger partial charge in [-0.25, -0.2) is 9.48 Å². The Morgan fingerprint density at radius 2 is 2.00 bits per heavy atom. The number of amides is 2. The van der Waals surface area contributed by atoms with Gasteiger partial charge in [0.15, 0.2) is 0 Å². The number of nitrogens with zero attached hydrogens (tertiary/aromatic N) is 3. The van der Waals surface area contributed by atoms with Crippen molar-refractivity contribution >= 4 is 11.8 Å². The summed E-state index contributed by atoms with van der Waals surface area (Å²) in [5, 5.41) is 10.3. The summed E-state index contributed by atoms with van der Waals surface area (Å²) in [5.74, 6) is 0.653. The Balaban J connectivity index is 1.58. The van der Waals surface area contributed by atoms with E-state index in [1.807, 2.05) is 43.3 Å². The predicted octanol–water partition coefficient (Wildman–Crippen LogP) is 2.02. The fraction of sp³-hybridized carbons (Fsp3) is 0.444. The van der Waals surface area contributed by atoms with Crippen LogP contribution < -0.4 is 10.6 Å². The van der Waals surface area contributed by atoms with E-state index >= 15 is 0 Å². The van der Waals surface area contributed by atoms with Crippen molar-refractivity contribution in [1.82, 2.24) is 20.0 Å². The minimum Gasteiger partial charge on any atom is -0.379 e. The maximum Gasteiger partial charge on any atom is 0.320 e. The Labute approximate surface area is 148 Å². The van der Waals surface area contributed by atoms with Gasteiger partial charge in [-0.3, -0.25) is 10.2 Å². The molecule has 1 aromatic heterocycles. The average Bonchev–Trinajstić information content (AvgIpc) is 3.01. The number of anilines is 1. The molecule has 2 heterocycles. The SMILES string of the molecule is Cc1cc(NC(=O)NC[C@H](C)N2CCOCC2)n(-c2ccccc2)n1. The zero-order chi connectivity index (χ0) is 17.6. The lowest BCUT2D eigenvalue weighted by Gasteiger charge is -2.32. The van der Waals surface area contributed by atoms with Crippen LogP contribution in [0.3, 0.4) is 0 Å². The van der Waals surface area contributed by atoms with Gasteiger partial charge in [-0.1, -0.05) is 18.2 Å². The van der Waals surface area contributed by atoms with Gasteiger partial charge in [0.25, 0.3) is 0 Å². The highest BCUT2D eigenvalue weighted by atomic mass is 16.5. The van der Waals surface area contributed by atoms with Gasteiger partial charge in [-0.2, -0.15) is 5.10 Å². The number of carbonyl (C=O) groups is 1. The van der Waals surface area contributed by atoms with E-state index in [2.05, 4.69) is 27.6 Å². The molecule has 1 atom stereocenters. The number of urea groups is 1. The second-order valence-electron chi connectivity index (χ2n) is 6.25. The third-order valence-electron chi connectivity index (χ3n) is 4.30. The van der Waals surface area contributed by atoms with Crippen LogP contribution >= 0.6 is 0 Å². The van der Waals surface area contributed by atoms with Crippen LogP contribution in [0.15, 0.2) is 36.4 Å². The van der Waals surface area contributed by atoms with Crippen LogP contribution in [0.5, 0.6) is 0 Å². The lowest BCUT2D eigenvalue weighted by molar-refractivity contribution is 0.0209. The van der Waals surface area contributed by atoms with Gasteiger partial charge in [0.2, 0.25) is 0 Å². The van der Waals surface area contributed by atoms with Crippen LogP contribution in [0, 0.1) is 6.92 Å². The first-order chi connectivity index (χ1) is 12.1. The summed E-state index contributed by atoms with van der Waals surface area (Å²) in [4.78, 5) is 14.6. The topological polar surface area (TPSA) is 71.4 Å². The first-order valence-electron chi connectivity index (χ1n) is 8.62. The van der Waals surface area contributed by atoms with Crippen molar-refractivity contribution < 1.29 is 9.53 Å². The second-order valence-corrected chi connectivity index (χ2v) is 6.25. The number of nitrogens with one attached hydrogen (secondary N) is 2. The van der Waals surface area contributed by atoms with E-state index in [1.54, 1.807) is 4.68 Å². The lowest BCUT2D eigenvalue weighted by Crippen LogP contribution is -2.47. The normalized spacial score (nSPS) is 16.4. The van der Waals surface area contributed by atoms with Gasteiger partial charge >= 0.3 is 6.03 Å². The predicted molar refractivity (Wildman–Crippen MR) is 97.2 cm³/mol. The van der Waals surface area contributed by atoms with E-state index in [9.17, 15) is 4.79 Å². The third-order valence-corrected chi connectivity index (χ3v) is 4.30. The Kier molecular flexibility index (Phi) is 5.67. The summed E-state index contributed by atoms with van der Waals surface area (Å²) >= 11 is 0. The molecule has 0 bridgehead atoms. The molecule has 2 aromatic rings. The Bertz CT molecular complexity index is 695. The molecule has 0 aliphatic carbocycles. The van der Waals surface area contributed by atoms with Crippen molar-refractivity contribution in [1.29, 1.82) is 0 Å². The van der Waals surface area contributed by atoms with Crippen LogP contribution in [-0.4, -0.2) is 59.6 Å². The van der Waals surface area contributed by atoms with Gasteiger partial charge in [-0.15, -0.1) is 0 Å². The summed E-state index contributed by atoms with van der Waals surface area (Å²) in [7, 11) is 0. The average molecular weight is 343 g/mol. The number of para-hydroxylation sites is 1. The van der Waals surface area contributed by atoms with Crippen molar-refractivity contribution in [2.24, 2.45) is 0 Å². The molecule has 0 spiro atoms. The van der Waals surface area contributed by atoms with Crippen molar-refractivity contribution in [3.8, 4) is 5.69 Å². The van der Waals surface area contributed by atoms with Gasteiger partial charge in [0, 0.05) is 31.7 Å².